The molecular formula is C12H14ClNO2. The van der Waals surface area contributed by atoms with Gasteiger partial charge in [0.1, 0.15) is 0 Å². The summed E-state index contributed by atoms with van der Waals surface area (Å²) >= 11 is 5.84. The molecule has 4 heteroatoms. The average Bonchev–Trinajstić information content (AvgIpc) is 2.30. The summed E-state index contributed by atoms with van der Waals surface area (Å²) in [6.45, 7) is 2.14. The number of nitrogens with one attached hydrogen (secondary N) is 1. The lowest BCUT2D eigenvalue weighted by molar-refractivity contribution is 0.0676. The van der Waals surface area contributed by atoms with Gasteiger partial charge >= 0.3 is 0 Å². The number of carbonyl (C=O) groups excluding carboxylic acids is 1. The summed E-state index contributed by atoms with van der Waals surface area (Å²) in [5.41, 5.74) is 0.667. The van der Waals surface area contributed by atoms with Gasteiger partial charge in [-0.1, -0.05) is 23.7 Å². The van der Waals surface area contributed by atoms with Gasteiger partial charge in [-0.15, -0.1) is 0 Å². The highest BCUT2D eigenvalue weighted by molar-refractivity contribution is 6.31. The molecule has 0 aromatic heterocycles. The van der Waals surface area contributed by atoms with Crippen LogP contribution in [0, 0.1) is 0 Å². The first-order valence-electron chi connectivity index (χ1n) is 5.35. The third-order valence-corrected chi connectivity index (χ3v) is 2.81. The fraction of sp³-hybridized carbons (Fsp3) is 0.417. The highest BCUT2D eigenvalue weighted by Gasteiger charge is 2.17. The molecule has 1 aromatic carbocycles. The monoisotopic (exact) mass is 239 g/mol. The molecule has 1 unspecified atom stereocenters. The Hall–Kier alpha value is -0.900. The number of halogens is 1. The van der Waals surface area contributed by atoms with Crippen LogP contribution in [0.2, 0.25) is 5.02 Å². The van der Waals surface area contributed by atoms with Crippen molar-refractivity contribution in [2.75, 3.05) is 19.8 Å². The molecule has 86 valence electrons. The van der Waals surface area contributed by atoms with Gasteiger partial charge in [-0.3, -0.25) is 4.79 Å². The highest BCUT2D eigenvalue weighted by atomic mass is 35.5. The van der Waals surface area contributed by atoms with Crippen LogP contribution in [-0.2, 0) is 4.74 Å². The maximum Gasteiger partial charge on any atom is 0.164 e. The Labute approximate surface area is 99.7 Å². The zero-order valence-electron chi connectivity index (χ0n) is 8.91. The average molecular weight is 240 g/mol. The molecule has 0 saturated carbocycles. The molecule has 1 heterocycles. The van der Waals surface area contributed by atoms with Gasteiger partial charge in [0.25, 0.3) is 0 Å². The third kappa shape index (κ3) is 3.04. The second-order valence-electron chi connectivity index (χ2n) is 3.86. The van der Waals surface area contributed by atoms with Gasteiger partial charge < -0.3 is 10.1 Å². The molecule has 1 aliphatic heterocycles. The standard InChI is InChI=1S/C12H14ClNO2/c13-10-3-1-2-9(6-10)12(15)7-11-8-16-5-4-14-11/h1-3,6,11,14H,4-5,7-8H2. The number of ketones is 1. The Kier molecular flexibility index (Phi) is 3.93. The van der Waals surface area contributed by atoms with E-state index in [0.29, 0.717) is 23.6 Å². The van der Waals surface area contributed by atoms with Crippen molar-refractivity contribution in [3.63, 3.8) is 0 Å². The van der Waals surface area contributed by atoms with E-state index < -0.39 is 0 Å². The third-order valence-electron chi connectivity index (χ3n) is 2.58. The minimum Gasteiger partial charge on any atom is -0.378 e. The maximum atomic E-state index is 11.9. The smallest absolute Gasteiger partial charge is 0.164 e. The molecule has 1 saturated heterocycles. The van der Waals surface area contributed by atoms with Crippen molar-refractivity contribution in [1.29, 1.82) is 0 Å². The number of morpholine rings is 1. The van der Waals surface area contributed by atoms with E-state index in [0.717, 1.165) is 13.2 Å². The molecule has 1 atom stereocenters. The van der Waals surface area contributed by atoms with Crippen molar-refractivity contribution in [2.24, 2.45) is 0 Å². The summed E-state index contributed by atoms with van der Waals surface area (Å²) in [6, 6.07) is 7.17. The summed E-state index contributed by atoms with van der Waals surface area (Å²) in [7, 11) is 0. The van der Waals surface area contributed by atoms with Gasteiger partial charge in [0, 0.05) is 29.6 Å². The van der Waals surface area contributed by atoms with Gasteiger partial charge in [0.05, 0.1) is 13.2 Å². The summed E-state index contributed by atoms with van der Waals surface area (Å²) in [4.78, 5) is 11.9. The second-order valence-corrected chi connectivity index (χ2v) is 4.30. The van der Waals surface area contributed by atoms with E-state index in [1.54, 1.807) is 24.3 Å². The summed E-state index contributed by atoms with van der Waals surface area (Å²) < 4.78 is 5.30. The normalized spacial score (nSPS) is 20.7. The molecule has 1 fully saturated rings. The summed E-state index contributed by atoms with van der Waals surface area (Å²) in [5, 5.41) is 3.85. The van der Waals surface area contributed by atoms with Crippen LogP contribution in [0.5, 0.6) is 0 Å². The van der Waals surface area contributed by atoms with E-state index in [2.05, 4.69) is 5.32 Å². The molecule has 2 rings (SSSR count). The lowest BCUT2D eigenvalue weighted by atomic mass is 10.0. The van der Waals surface area contributed by atoms with E-state index >= 15 is 0 Å². The van der Waals surface area contributed by atoms with E-state index in [1.165, 1.54) is 0 Å². The van der Waals surface area contributed by atoms with Gasteiger partial charge in [0.2, 0.25) is 0 Å². The zero-order chi connectivity index (χ0) is 11.4. The summed E-state index contributed by atoms with van der Waals surface area (Å²) in [6.07, 6.45) is 0.459. The number of carbonyl (C=O) groups is 1. The molecule has 1 N–H and O–H groups in total. The van der Waals surface area contributed by atoms with Gasteiger partial charge in [-0.25, -0.2) is 0 Å². The lowest BCUT2D eigenvalue weighted by Gasteiger charge is -2.23. The Morgan fingerprint density at radius 3 is 3.12 bits per heavy atom. The first-order chi connectivity index (χ1) is 7.75. The SMILES string of the molecule is O=C(CC1COCCN1)c1cccc(Cl)c1. The quantitative estimate of drug-likeness (QED) is 0.819. The molecule has 0 amide bonds. The number of hydrogen-bond donors (Lipinski definition) is 1. The highest BCUT2D eigenvalue weighted by Crippen LogP contribution is 2.13. The second kappa shape index (κ2) is 5.43. The number of ether oxygens (including phenoxy) is 1. The summed E-state index contributed by atoms with van der Waals surface area (Å²) in [5.74, 6) is 0.102. The van der Waals surface area contributed by atoms with Gasteiger partial charge in [0.15, 0.2) is 5.78 Å². The van der Waals surface area contributed by atoms with Crippen molar-refractivity contribution in [3.05, 3.63) is 34.9 Å². The van der Waals surface area contributed by atoms with E-state index in [4.69, 9.17) is 16.3 Å². The zero-order valence-corrected chi connectivity index (χ0v) is 9.67. The molecular weight excluding hydrogens is 226 g/mol. The van der Waals surface area contributed by atoms with Crippen LogP contribution in [0.1, 0.15) is 16.8 Å². The predicted octanol–water partition coefficient (Wildman–Crippen LogP) is 1.90. The van der Waals surface area contributed by atoms with Gasteiger partial charge in [-0.05, 0) is 12.1 Å². The van der Waals surface area contributed by atoms with Crippen molar-refractivity contribution in [2.45, 2.75) is 12.5 Å². The first kappa shape index (κ1) is 11.6. The number of hydrogen-bond acceptors (Lipinski definition) is 3. The molecule has 16 heavy (non-hydrogen) atoms. The Balaban J connectivity index is 1.97. The molecule has 0 aliphatic carbocycles. The van der Waals surface area contributed by atoms with Crippen LogP contribution < -0.4 is 5.32 Å². The molecule has 1 aromatic rings. The number of Topliss-reactive ketones (excluding diaryl/α,β-unsaturated/α-hetero) is 1. The predicted molar refractivity (Wildman–Crippen MR) is 63.0 cm³/mol. The fourth-order valence-corrected chi connectivity index (χ4v) is 1.94. The van der Waals surface area contributed by atoms with Crippen LogP contribution in [0.25, 0.3) is 0 Å². The van der Waals surface area contributed by atoms with Crippen LogP contribution in [0.4, 0.5) is 0 Å². The largest absolute Gasteiger partial charge is 0.378 e. The van der Waals surface area contributed by atoms with Crippen molar-refractivity contribution >= 4 is 17.4 Å². The Morgan fingerprint density at radius 1 is 1.56 bits per heavy atom. The minimum atomic E-state index is 0.102. The number of benzene rings is 1. The Morgan fingerprint density at radius 2 is 2.44 bits per heavy atom. The first-order valence-corrected chi connectivity index (χ1v) is 5.73. The van der Waals surface area contributed by atoms with E-state index in [-0.39, 0.29) is 11.8 Å². The molecule has 0 radical (unpaired) electrons. The van der Waals surface area contributed by atoms with Crippen LogP contribution in [0.15, 0.2) is 24.3 Å². The van der Waals surface area contributed by atoms with E-state index in [9.17, 15) is 4.79 Å². The molecule has 1 aliphatic rings. The minimum absolute atomic E-state index is 0.102. The molecule has 0 spiro atoms. The molecule has 0 bridgehead atoms. The fourth-order valence-electron chi connectivity index (χ4n) is 1.75. The Bertz CT molecular complexity index is 375. The van der Waals surface area contributed by atoms with Crippen molar-refractivity contribution in [3.8, 4) is 0 Å². The lowest BCUT2D eigenvalue weighted by Crippen LogP contribution is -2.42. The van der Waals surface area contributed by atoms with Crippen LogP contribution >= 0.6 is 11.6 Å². The van der Waals surface area contributed by atoms with E-state index in [1.807, 2.05) is 0 Å². The van der Waals surface area contributed by atoms with Gasteiger partial charge in [-0.2, -0.15) is 0 Å². The number of rotatable bonds is 3. The molecule has 3 nitrogen and oxygen atoms in total. The topological polar surface area (TPSA) is 38.3 Å². The van der Waals surface area contributed by atoms with Crippen LogP contribution in [-0.4, -0.2) is 31.6 Å². The maximum absolute atomic E-state index is 11.9. The van der Waals surface area contributed by atoms with Crippen molar-refractivity contribution in [1.82, 2.24) is 5.32 Å². The van der Waals surface area contributed by atoms with Crippen molar-refractivity contribution < 1.29 is 9.53 Å². The van der Waals surface area contributed by atoms with Crippen LogP contribution in [0.3, 0.4) is 0 Å².